The van der Waals surface area contributed by atoms with Crippen LogP contribution in [-0.4, -0.2) is 22.5 Å². The van der Waals surface area contributed by atoms with E-state index < -0.39 is 0 Å². The summed E-state index contributed by atoms with van der Waals surface area (Å²) in [7, 11) is 0. The Balaban J connectivity index is 1.64. The predicted molar refractivity (Wildman–Crippen MR) is 78.5 cm³/mol. The van der Waals surface area contributed by atoms with E-state index in [0.29, 0.717) is 5.92 Å². The van der Waals surface area contributed by atoms with Gasteiger partial charge in [0.15, 0.2) is 0 Å². The van der Waals surface area contributed by atoms with Crippen LogP contribution in [0.5, 0.6) is 0 Å². The molecule has 0 aliphatic heterocycles. The molecule has 1 heterocycles. The molecule has 0 radical (unpaired) electrons. The van der Waals surface area contributed by atoms with Gasteiger partial charge in [0, 0.05) is 6.54 Å². The van der Waals surface area contributed by atoms with Gasteiger partial charge in [0.25, 0.3) is 0 Å². The lowest BCUT2D eigenvalue weighted by molar-refractivity contribution is 0.237. The van der Waals surface area contributed by atoms with Gasteiger partial charge in [0.05, 0.1) is 17.1 Å². The van der Waals surface area contributed by atoms with Crippen molar-refractivity contribution in [1.82, 2.24) is 20.6 Å². The number of nitrogens with one attached hydrogen (secondary N) is 3. The van der Waals surface area contributed by atoms with Gasteiger partial charge >= 0.3 is 6.03 Å². The standard InChI is InChI=1S/C15H20N4O/c1-9-3-6-12-13(7-9)19-14(18-12)10(2)17-15(20)16-8-11-4-5-11/h3,6-7,10-11H,4-5,8H2,1-2H3,(H,18,19)(H2,16,17,20). The minimum atomic E-state index is -0.137. The lowest BCUT2D eigenvalue weighted by Crippen LogP contribution is -2.38. The van der Waals surface area contributed by atoms with Crippen LogP contribution in [0.1, 0.15) is 37.2 Å². The fourth-order valence-electron chi connectivity index (χ4n) is 2.22. The van der Waals surface area contributed by atoms with E-state index in [1.807, 2.05) is 26.0 Å². The first kappa shape index (κ1) is 13.0. The van der Waals surface area contributed by atoms with Gasteiger partial charge in [0.2, 0.25) is 0 Å². The van der Waals surface area contributed by atoms with E-state index in [4.69, 9.17) is 0 Å². The summed E-state index contributed by atoms with van der Waals surface area (Å²) < 4.78 is 0. The molecule has 2 amide bonds. The Morgan fingerprint density at radius 1 is 1.50 bits per heavy atom. The normalized spacial score (nSPS) is 16.1. The molecule has 1 aliphatic rings. The zero-order valence-corrected chi connectivity index (χ0v) is 11.9. The molecule has 1 fully saturated rings. The van der Waals surface area contributed by atoms with E-state index in [-0.39, 0.29) is 12.1 Å². The number of fused-ring (bicyclic) bond motifs is 1. The number of H-pyrrole nitrogens is 1. The molecule has 2 aromatic rings. The second-order valence-corrected chi connectivity index (χ2v) is 5.66. The van der Waals surface area contributed by atoms with Crippen molar-refractivity contribution in [3.05, 3.63) is 29.6 Å². The van der Waals surface area contributed by atoms with Crippen molar-refractivity contribution in [3.8, 4) is 0 Å². The highest BCUT2D eigenvalue weighted by Crippen LogP contribution is 2.27. The summed E-state index contributed by atoms with van der Waals surface area (Å²) >= 11 is 0. The molecule has 0 bridgehead atoms. The van der Waals surface area contributed by atoms with Crippen molar-refractivity contribution in [2.24, 2.45) is 5.92 Å². The Hall–Kier alpha value is -2.04. The molecule has 106 valence electrons. The summed E-state index contributed by atoms with van der Waals surface area (Å²) in [5.74, 6) is 1.47. The van der Waals surface area contributed by atoms with Crippen molar-refractivity contribution in [1.29, 1.82) is 0 Å². The zero-order valence-electron chi connectivity index (χ0n) is 11.9. The van der Waals surface area contributed by atoms with Crippen LogP contribution in [0, 0.1) is 12.8 Å². The molecule has 1 aliphatic carbocycles. The maximum Gasteiger partial charge on any atom is 0.315 e. The van der Waals surface area contributed by atoms with Gasteiger partial charge in [-0.1, -0.05) is 6.07 Å². The summed E-state index contributed by atoms with van der Waals surface area (Å²) in [4.78, 5) is 19.5. The van der Waals surface area contributed by atoms with Crippen LogP contribution in [0.25, 0.3) is 11.0 Å². The number of imidazole rings is 1. The summed E-state index contributed by atoms with van der Waals surface area (Å²) in [6, 6.07) is 5.83. The molecule has 1 saturated carbocycles. The fourth-order valence-corrected chi connectivity index (χ4v) is 2.22. The Morgan fingerprint density at radius 2 is 2.30 bits per heavy atom. The molecule has 1 atom stereocenters. The predicted octanol–water partition coefficient (Wildman–Crippen LogP) is 2.64. The number of nitrogens with zero attached hydrogens (tertiary/aromatic N) is 1. The fraction of sp³-hybridized carbons (Fsp3) is 0.467. The number of aromatic nitrogens is 2. The summed E-state index contributed by atoms with van der Waals surface area (Å²) in [6.45, 7) is 4.76. The number of carbonyl (C=O) groups excluding carboxylic acids is 1. The Bertz CT molecular complexity index is 630. The second kappa shape index (κ2) is 5.15. The number of aryl methyl sites for hydroxylation is 1. The smallest absolute Gasteiger partial charge is 0.315 e. The van der Waals surface area contributed by atoms with Gasteiger partial charge in [-0.2, -0.15) is 0 Å². The monoisotopic (exact) mass is 272 g/mol. The largest absolute Gasteiger partial charge is 0.340 e. The molecular formula is C15H20N4O. The number of urea groups is 1. The molecule has 1 aromatic carbocycles. The van der Waals surface area contributed by atoms with E-state index in [1.165, 1.54) is 18.4 Å². The highest BCUT2D eigenvalue weighted by molar-refractivity contribution is 5.77. The summed E-state index contributed by atoms with van der Waals surface area (Å²) in [5.41, 5.74) is 3.13. The van der Waals surface area contributed by atoms with E-state index in [0.717, 1.165) is 23.4 Å². The van der Waals surface area contributed by atoms with Gasteiger partial charge in [-0.05, 0) is 50.3 Å². The Labute approximate surface area is 118 Å². The number of aromatic amines is 1. The molecular weight excluding hydrogens is 252 g/mol. The number of benzene rings is 1. The van der Waals surface area contributed by atoms with Crippen molar-refractivity contribution < 1.29 is 4.79 Å². The van der Waals surface area contributed by atoms with Crippen molar-refractivity contribution in [2.75, 3.05) is 6.54 Å². The van der Waals surface area contributed by atoms with Gasteiger partial charge in [-0.3, -0.25) is 0 Å². The first-order valence-electron chi connectivity index (χ1n) is 7.12. The lowest BCUT2D eigenvalue weighted by atomic mass is 10.2. The number of hydrogen-bond acceptors (Lipinski definition) is 2. The first-order chi connectivity index (χ1) is 9.61. The Morgan fingerprint density at radius 3 is 3.05 bits per heavy atom. The van der Waals surface area contributed by atoms with Crippen LogP contribution in [0.15, 0.2) is 18.2 Å². The third-order valence-electron chi connectivity index (χ3n) is 3.66. The van der Waals surface area contributed by atoms with E-state index in [9.17, 15) is 4.79 Å². The van der Waals surface area contributed by atoms with Crippen LogP contribution in [-0.2, 0) is 0 Å². The quantitative estimate of drug-likeness (QED) is 0.800. The first-order valence-corrected chi connectivity index (χ1v) is 7.12. The van der Waals surface area contributed by atoms with E-state index in [2.05, 4.69) is 26.7 Å². The van der Waals surface area contributed by atoms with Crippen LogP contribution < -0.4 is 10.6 Å². The molecule has 3 rings (SSSR count). The minimum Gasteiger partial charge on any atom is -0.340 e. The third-order valence-corrected chi connectivity index (χ3v) is 3.66. The average molecular weight is 272 g/mol. The van der Waals surface area contributed by atoms with Gasteiger partial charge < -0.3 is 15.6 Å². The maximum atomic E-state index is 11.8. The van der Waals surface area contributed by atoms with E-state index in [1.54, 1.807) is 0 Å². The molecule has 0 saturated heterocycles. The average Bonchev–Trinajstić information content (AvgIpc) is 3.14. The molecule has 20 heavy (non-hydrogen) atoms. The van der Waals surface area contributed by atoms with Crippen molar-refractivity contribution in [3.63, 3.8) is 0 Å². The second-order valence-electron chi connectivity index (χ2n) is 5.66. The molecule has 3 N–H and O–H groups in total. The highest BCUT2D eigenvalue weighted by Gasteiger charge is 2.22. The zero-order chi connectivity index (χ0) is 14.1. The number of carbonyl (C=O) groups is 1. The van der Waals surface area contributed by atoms with Crippen LogP contribution in [0.4, 0.5) is 4.79 Å². The maximum absolute atomic E-state index is 11.8. The van der Waals surface area contributed by atoms with Crippen LogP contribution in [0.3, 0.4) is 0 Å². The minimum absolute atomic E-state index is 0.124. The summed E-state index contributed by atoms with van der Waals surface area (Å²) in [6.07, 6.45) is 2.47. The molecule has 5 nitrogen and oxygen atoms in total. The van der Waals surface area contributed by atoms with Crippen molar-refractivity contribution >= 4 is 17.1 Å². The highest BCUT2D eigenvalue weighted by atomic mass is 16.2. The molecule has 5 heteroatoms. The number of amides is 2. The molecule has 1 unspecified atom stereocenters. The van der Waals surface area contributed by atoms with Crippen LogP contribution in [0.2, 0.25) is 0 Å². The van der Waals surface area contributed by atoms with Crippen molar-refractivity contribution in [2.45, 2.75) is 32.7 Å². The molecule has 1 aromatic heterocycles. The van der Waals surface area contributed by atoms with Gasteiger partial charge in [0.1, 0.15) is 5.82 Å². The number of hydrogen-bond donors (Lipinski definition) is 3. The van der Waals surface area contributed by atoms with Crippen LogP contribution >= 0.6 is 0 Å². The number of rotatable bonds is 4. The molecule has 0 spiro atoms. The lowest BCUT2D eigenvalue weighted by Gasteiger charge is -2.12. The van der Waals surface area contributed by atoms with E-state index >= 15 is 0 Å². The topological polar surface area (TPSA) is 69.8 Å². The SMILES string of the molecule is Cc1ccc2nc(C(C)NC(=O)NCC3CC3)[nH]c2c1. The summed E-state index contributed by atoms with van der Waals surface area (Å²) in [5, 5.41) is 5.81. The third kappa shape index (κ3) is 2.92. The van der Waals surface area contributed by atoms with Gasteiger partial charge in [-0.15, -0.1) is 0 Å². The van der Waals surface area contributed by atoms with Gasteiger partial charge in [-0.25, -0.2) is 9.78 Å². The Kier molecular flexibility index (Phi) is 3.34.